The number of nitrogens with zero attached hydrogens (tertiary/aromatic N) is 1. The highest BCUT2D eigenvalue weighted by molar-refractivity contribution is 9.10. The standard InChI is InChI=1S/C32H20BrNS/c33-25-17-29-31(23-13-3-1-9-19(23)25)32-24-14-4-2-12-22(24)28(18-30(32)35-29)34-26-15-7-5-10-20(26)21-11-6-8-16-27(21)34/h1-7,9-15,17-18H,8,16H2. The average molecular weight is 530 g/mol. The van der Waals surface area contributed by atoms with Crippen LogP contribution in [0.2, 0.25) is 0 Å². The highest BCUT2D eigenvalue weighted by atomic mass is 79.9. The predicted octanol–water partition coefficient (Wildman–Crippen LogP) is 10.0. The Labute approximate surface area is 215 Å². The van der Waals surface area contributed by atoms with Crippen molar-refractivity contribution in [1.82, 2.24) is 4.57 Å². The number of fused-ring (bicyclic) bond motifs is 10. The third-order valence-corrected chi connectivity index (χ3v) is 9.24. The summed E-state index contributed by atoms with van der Waals surface area (Å²) in [6.07, 6.45) is 6.79. The number of allylic oxidation sites excluding steroid dienone is 1. The Morgan fingerprint density at radius 1 is 0.686 bits per heavy atom. The largest absolute Gasteiger partial charge is 0.312 e. The van der Waals surface area contributed by atoms with Crippen molar-refractivity contribution in [2.24, 2.45) is 0 Å². The molecule has 0 atom stereocenters. The van der Waals surface area contributed by atoms with Crippen molar-refractivity contribution < 1.29 is 0 Å². The van der Waals surface area contributed by atoms with Gasteiger partial charge in [0.2, 0.25) is 0 Å². The van der Waals surface area contributed by atoms with Crippen molar-refractivity contribution in [2.75, 3.05) is 0 Å². The van der Waals surface area contributed by atoms with Gasteiger partial charge >= 0.3 is 0 Å². The molecule has 166 valence electrons. The van der Waals surface area contributed by atoms with Gasteiger partial charge in [0.1, 0.15) is 0 Å². The maximum Gasteiger partial charge on any atom is 0.0551 e. The average Bonchev–Trinajstić information content (AvgIpc) is 3.44. The van der Waals surface area contributed by atoms with E-state index in [1.807, 2.05) is 11.3 Å². The lowest BCUT2D eigenvalue weighted by Crippen LogP contribution is -2.03. The smallest absolute Gasteiger partial charge is 0.0551 e. The maximum atomic E-state index is 3.84. The zero-order chi connectivity index (χ0) is 23.1. The summed E-state index contributed by atoms with van der Waals surface area (Å²) in [5, 5.41) is 9.31. The molecule has 2 aromatic heterocycles. The molecule has 1 aliphatic carbocycles. The molecule has 0 amide bonds. The maximum absolute atomic E-state index is 3.84. The van der Waals surface area contributed by atoms with Gasteiger partial charge < -0.3 is 4.57 Å². The third kappa shape index (κ3) is 2.68. The summed E-state index contributed by atoms with van der Waals surface area (Å²) in [6, 6.07) is 31.3. The van der Waals surface area contributed by atoms with E-state index < -0.39 is 0 Å². The molecule has 0 fully saturated rings. The number of thiophene rings is 1. The van der Waals surface area contributed by atoms with Crippen LogP contribution in [0.15, 0.2) is 95.5 Å². The third-order valence-electron chi connectivity index (χ3n) is 7.50. The Hall–Kier alpha value is -3.40. The van der Waals surface area contributed by atoms with Gasteiger partial charge in [-0.3, -0.25) is 0 Å². The Kier molecular flexibility index (Phi) is 4.14. The molecular formula is C32H20BrNS. The van der Waals surface area contributed by atoms with Crippen LogP contribution in [0, 0.1) is 0 Å². The molecule has 0 bridgehead atoms. The lowest BCUT2D eigenvalue weighted by atomic mass is 9.98. The second-order valence-corrected chi connectivity index (χ2v) is 11.3. The predicted molar refractivity (Wildman–Crippen MR) is 156 cm³/mol. The molecule has 7 aromatic rings. The van der Waals surface area contributed by atoms with Crippen LogP contribution >= 0.6 is 27.3 Å². The van der Waals surface area contributed by atoms with Crippen molar-refractivity contribution in [2.45, 2.75) is 12.8 Å². The normalized spacial score (nSPS) is 13.5. The molecule has 5 aromatic carbocycles. The van der Waals surface area contributed by atoms with Crippen LogP contribution in [-0.4, -0.2) is 4.57 Å². The van der Waals surface area contributed by atoms with Crippen molar-refractivity contribution in [3.8, 4) is 5.69 Å². The number of hydrogen-bond acceptors (Lipinski definition) is 1. The van der Waals surface area contributed by atoms with Gasteiger partial charge in [-0.2, -0.15) is 0 Å². The zero-order valence-electron chi connectivity index (χ0n) is 18.9. The fraction of sp³-hybridized carbons (Fsp3) is 0.0625. The minimum atomic E-state index is 1.07. The summed E-state index contributed by atoms with van der Waals surface area (Å²) in [5.74, 6) is 0. The SMILES string of the molecule is Brc1cc2sc3cc(-n4c5c(c6ccccc64)C=CCC5)c4ccccc4c3c2c2ccccc12. The number of hydrogen-bond donors (Lipinski definition) is 0. The van der Waals surface area contributed by atoms with Gasteiger partial charge in [0.05, 0.1) is 11.2 Å². The molecule has 0 spiro atoms. The monoisotopic (exact) mass is 529 g/mol. The molecule has 1 aliphatic rings. The van der Waals surface area contributed by atoms with E-state index in [1.54, 1.807) is 0 Å². The van der Waals surface area contributed by atoms with Crippen LogP contribution in [0.4, 0.5) is 0 Å². The quantitative estimate of drug-likeness (QED) is 0.199. The van der Waals surface area contributed by atoms with E-state index in [9.17, 15) is 0 Å². The van der Waals surface area contributed by atoms with Crippen molar-refractivity contribution in [3.63, 3.8) is 0 Å². The molecule has 2 heterocycles. The molecule has 1 nitrogen and oxygen atoms in total. The summed E-state index contributed by atoms with van der Waals surface area (Å²) < 4.78 is 6.37. The van der Waals surface area contributed by atoms with Gasteiger partial charge in [-0.05, 0) is 47.2 Å². The topological polar surface area (TPSA) is 4.93 Å². The van der Waals surface area contributed by atoms with E-state index in [1.165, 1.54) is 69.6 Å². The lowest BCUT2D eigenvalue weighted by Gasteiger charge is -2.16. The van der Waals surface area contributed by atoms with Gasteiger partial charge in [-0.25, -0.2) is 0 Å². The first-order chi connectivity index (χ1) is 17.3. The molecule has 0 N–H and O–H groups in total. The first kappa shape index (κ1) is 19.9. The van der Waals surface area contributed by atoms with Gasteiger partial charge in [0.25, 0.3) is 0 Å². The Bertz CT molecular complexity index is 2020. The summed E-state index contributed by atoms with van der Waals surface area (Å²) in [6.45, 7) is 0. The molecule has 0 aliphatic heterocycles. The number of aromatic nitrogens is 1. The van der Waals surface area contributed by atoms with Gasteiger partial charge in [0, 0.05) is 46.7 Å². The van der Waals surface area contributed by atoms with Crippen LogP contribution in [0.1, 0.15) is 17.7 Å². The summed E-state index contributed by atoms with van der Waals surface area (Å²) in [4.78, 5) is 0. The number of rotatable bonds is 1. The Balaban J connectivity index is 1.59. The number of para-hydroxylation sites is 1. The van der Waals surface area contributed by atoms with Crippen LogP contribution in [-0.2, 0) is 6.42 Å². The molecular weight excluding hydrogens is 510 g/mol. The van der Waals surface area contributed by atoms with Crippen molar-refractivity contribution in [3.05, 3.63) is 107 Å². The molecule has 35 heavy (non-hydrogen) atoms. The zero-order valence-corrected chi connectivity index (χ0v) is 21.3. The van der Waals surface area contributed by atoms with E-state index in [2.05, 4.69) is 118 Å². The highest BCUT2D eigenvalue weighted by Gasteiger charge is 2.22. The van der Waals surface area contributed by atoms with E-state index >= 15 is 0 Å². The summed E-state index contributed by atoms with van der Waals surface area (Å²) >= 11 is 5.74. The molecule has 8 rings (SSSR count). The second kappa shape index (κ2) is 7.30. The lowest BCUT2D eigenvalue weighted by molar-refractivity contribution is 0.892. The summed E-state index contributed by atoms with van der Waals surface area (Å²) in [5.41, 5.74) is 5.38. The van der Waals surface area contributed by atoms with E-state index in [-0.39, 0.29) is 0 Å². The molecule has 0 saturated heterocycles. The fourth-order valence-corrected chi connectivity index (χ4v) is 8.00. The Morgan fingerprint density at radius 2 is 1.31 bits per heavy atom. The fourth-order valence-electron chi connectivity index (χ4n) is 6.07. The highest BCUT2D eigenvalue weighted by Crippen LogP contribution is 2.46. The first-order valence-corrected chi connectivity index (χ1v) is 13.6. The minimum absolute atomic E-state index is 1.07. The number of halogens is 1. The van der Waals surface area contributed by atoms with E-state index in [0.717, 1.165) is 17.3 Å². The number of benzene rings is 5. The van der Waals surface area contributed by atoms with Crippen LogP contribution in [0.5, 0.6) is 0 Å². The van der Waals surface area contributed by atoms with Crippen molar-refractivity contribution >= 4 is 86.0 Å². The van der Waals surface area contributed by atoms with E-state index in [0.29, 0.717) is 0 Å². The van der Waals surface area contributed by atoms with Crippen LogP contribution in [0.25, 0.3) is 64.4 Å². The Morgan fingerprint density at radius 3 is 2.11 bits per heavy atom. The molecule has 3 heteroatoms. The van der Waals surface area contributed by atoms with Crippen LogP contribution < -0.4 is 0 Å². The van der Waals surface area contributed by atoms with Crippen LogP contribution in [0.3, 0.4) is 0 Å². The van der Waals surface area contributed by atoms with Gasteiger partial charge in [0.15, 0.2) is 0 Å². The minimum Gasteiger partial charge on any atom is -0.312 e. The van der Waals surface area contributed by atoms with Gasteiger partial charge in [-0.15, -0.1) is 11.3 Å². The first-order valence-electron chi connectivity index (χ1n) is 12.0. The summed E-state index contributed by atoms with van der Waals surface area (Å²) in [7, 11) is 0. The van der Waals surface area contributed by atoms with Gasteiger partial charge in [-0.1, -0.05) is 94.8 Å². The van der Waals surface area contributed by atoms with Crippen molar-refractivity contribution in [1.29, 1.82) is 0 Å². The second-order valence-electron chi connectivity index (χ2n) is 9.35. The molecule has 0 unspecified atom stereocenters. The van der Waals surface area contributed by atoms with E-state index in [4.69, 9.17) is 0 Å². The molecule has 0 radical (unpaired) electrons. The molecule has 0 saturated carbocycles.